The molecule has 0 aromatic heterocycles. The van der Waals surface area contributed by atoms with Crippen LogP contribution < -0.4 is 10.5 Å². The van der Waals surface area contributed by atoms with E-state index in [-0.39, 0.29) is 6.04 Å². The minimum atomic E-state index is 0.0902. The van der Waals surface area contributed by atoms with E-state index in [2.05, 4.69) is 6.92 Å². The minimum Gasteiger partial charge on any atom is -0.490 e. The maximum absolute atomic E-state index is 6.02. The van der Waals surface area contributed by atoms with Gasteiger partial charge in [0.15, 0.2) is 0 Å². The number of rotatable bonds is 5. The van der Waals surface area contributed by atoms with Crippen LogP contribution in [-0.2, 0) is 0 Å². The Morgan fingerprint density at radius 1 is 1.47 bits per heavy atom. The van der Waals surface area contributed by atoms with Crippen LogP contribution in [0.1, 0.15) is 25.3 Å². The van der Waals surface area contributed by atoms with E-state index in [1.807, 2.05) is 25.1 Å². The second-order valence-electron chi connectivity index (χ2n) is 3.79. The largest absolute Gasteiger partial charge is 0.490 e. The third-order valence-corrected chi connectivity index (χ3v) is 2.50. The quantitative estimate of drug-likeness (QED) is 0.839. The first-order chi connectivity index (χ1) is 7.13. The molecule has 15 heavy (non-hydrogen) atoms. The van der Waals surface area contributed by atoms with Gasteiger partial charge in [-0.25, -0.2) is 0 Å². The normalized spacial score (nSPS) is 12.5. The molecule has 0 fully saturated rings. The fourth-order valence-electron chi connectivity index (χ4n) is 1.37. The van der Waals surface area contributed by atoms with E-state index in [0.29, 0.717) is 17.4 Å². The minimum absolute atomic E-state index is 0.0902. The molecule has 2 N–H and O–H groups in total. The van der Waals surface area contributed by atoms with Gasteiger partial charge in [-0.1, -0.05) is 31.0 Å². The summed E-state index contributed by atoms with van der Waals surface area (Å²) in [4.78, 5) is 0. The lowest BCUT2D eigenvalue weighted by Crippen LogP contribution is -2.27. The highest BCUT2D eigenvalue weighted by Crippen LogP contribution is 2.25. The van der Waals surface area contributed by atoms with Crippen molar-refractivity contribution in [3.8, 4) is 5.75 Å². The summed E-state index contributed by atoms with van der Waals surface area (Å²) >= 11 is 6.02. The smallest absolute Gasteiger partial charge is 0.137 e. The summed E-state index contributed by atoms with van der Waals surface area (Å²) in [5.74, 6) is 0.716. The molecular formula is C12H18ClNO. The maximum Gasteiger partial charge on any atom is 0.137 e. The standard InChI is InChI=1S/C12H18ClNO/c1-3-4-10(14)8-15-12-6-5-9(2)7-11(12)13/h5-7,10H,3-4,8,14H2,1-2H3. The molecule has 1 aromatic carbocycles. The molecule has 0 saturated carbocycles. The summed E-state index contributed by atoms with van der Waals surface area (Å²) in [7, 11) is 0. The van der Waals surface area contributed by atoms with Gasteiger partial charge in [-0.05, 0) is 31.0 Å². The predicted molar refractivity (Wildman–Crippen MR) is 64.6 cm³/mol. The first-order valence-electron chi connectivity index (χ1n) is 5.28. The number of hydrogen-bond acceptors (Lipinski definition) is 2. The zero-order chi connectivity index (χ0) is 11.3. The summed E-state index contributed by atoms with van der Waals surface area (Å²) in [6, 6.07) is 5.85. The molecule has 1 rings (SSSR count). The summed E-state index contributed by atoms with van der Waals surface area (Å²) in [6.45, 7) is 4.63. The van der Waals surface area contributed by atoms with Crippen LogP contribution in [0.5, 0.6) is 5.75 Å². The fourth-order valence-corrected chi connectivity index (χ4v) is 1.66. The highest BCUT2D eigenvalue weighted by atomic mass is 35.5. The lowest BCUT2D eigenvalue weighted by molar-refractivity contribution is 0.281. The molecule has 1 aromatic rings. The van der Waals surface area contributed by atoms with Gasteiger partial charge in [0.1, 0.15) is 12.4 Å². The molecule has 0 amide bonds. The zero-order valence-corrected chi connectivity index (χ0v) is 10.1. The van der Waals surface area contributed by atoms with E-state index >= 15 is 0 Å². The fraction of sp³-hybridized carbons (Fsp3) is 0.500. The van der Waals surface area contributed by atoms with E-state index in [1.54, 1.807) is 0 Å². The van der Waals surface area contributed by atoms with Gasteiger partial charge in [0.25, 0.3) is 0 Å². The van der Waals surface area contributed by atoms with E-state index in [0.717, 1.165) is 18.4 Å². The Morgan fingerprint density at radius 3 is 2.80 bits per heavy atom. The third kappa shape index (κ3) is 4.10. The topological polar surface area (TPSA) is 35.2 Å². The van der Waals surface area contributed by atoms with Crippen LogP contribution in [0.2, 0.25) is 5.02 Å². The lowest BCUT2D eigenvalue weighted by atomic mass is 10.2. The SMILES string of the molecule is CCCC(N)COc1ccc(C)cc1Cl. The molecule has 0 heterocycles. The maximum atomic E-state index is 6.02. The second kappa shape index (κ2) is 5.99. The molecule has 0 aliphatic heterocycles. The van der Waals surface area contributed by atoms with E-state index in [9.17, 15) is 0 Å². The van der Waals surface area contributed by atoms with Crippen LogP contribution in [0, 0.1) is 6.92 Å². The number of aryl methyl sites for hydroxylation is 1. The van der Waals surface area contributed by atoms with Crippen LogP contribution in [0.15, 0.2) is 18.2 Å². The molecule has 0 saturated heterocycles. The average molecular weight is 228 g/mol. The number of ether oxygens (including phenoxy) is 1. The molecule has 0 bridgehead atoms. The van der Waals surface area contributed by atoms with Crippen molar-refractivity contribution in [2.24, 2.45) is 5.73 Å². The molecule has 0 radical (unpaired) electrons. The number of benzene rings is 1. The Balaban J connectivity index is 2.50. The van der Waals surface area contributed by atoms with E-state index < -0.39 is 0 Å². The monoisotopic (exact) mass is 227 g/mol. The Labute approximate surface area is 96.4 Å². The summed E-state index contributed by atoms with van der Waals surface area (Å²) in [6.07, 6.45) is 2.05. The summed E-state index contributed by atoms with van der Waals surface area (Å²) in [5, 5.41) is 0.652. The van der Waals surface area contributed by atoms with Gasteiger partial charge in [0.05, 0.1) is 5.02 Å². The number of hydrogen-bond donors (Lipinski definition) is 1. The molecule has 2 nitrogen and oxygen atoms in total. The Bertz CT molecular complexity index is 314. The van der Waals surface area contributed by atoms with Gasteiger partial charge in [-0.15, -0.1) is 0 Å². The van der Waals surface area contributed by atoms with Gasteiger partial charge < -0.3 is 10.5 Å². The first kappa shape index (κ1) is 12.3. The van der Waals surface area contributed by atoms with Crippen LogP contribution >= 0.6 is 11.6 Å². The number of halogens is 1. The van der Waals surface area contributed by atoms with Crippen molar-refractivity contribution >= 4 is 11.6 Å². The number of nitrogens with two attached hydrogens (primary N) is 1. The average Bonchev–Trinajstić information content (AvgIpc) is 2.17. The van der Waals surface area contributed by atoms with Crippen molar-refractivity contribution in [1.82, 2.24) is 0 Å². The molecule has 0 spiro atoms. The highest BCUT2D eigenvalue weighted by Gasteiger charge is 2.05. The van der Waals surface area contributed by atoms with Crippen LogP contribution in [-0.4, -0.2) is 12.6 Å². The Hall–Kier alpha value is -0.730. The molecular weight excluding hydrogens is 210 g/mol. The predicted octanol–water partition coefficient (Wildman–Crippen LogP) is 3.15. The molecule has 1 unspecified atom stereocenters. The zero-order valence-electron chi connectivity index (χ0n) is 9.29. The van der Waals surface area contributed by atoms with Crippen molar-refractivity contribution in [2.45, 2.75) is 32.7 Å². The molecule has 1 atom stereocenters. The lowest BCUT2D eigenvalue weighted by Gasteiger charge is -2.13. The molecule has 0 aliphatic carbocycles. The first-order valence-corrected chi connectivity index (χ1v) is 5.65. The summed E-state index contributed by atoms with van der Waals surface area (Å²) in [5.41, 5.74) is 6.97. The van der Waals surface area contributed by atoms with Gasteiger partial charge in [-0.2, -0.15) is 0 Å². The van der Waals surface area contributed by atoms with Crippen molar-refractivity contribution in [3.05, 3.63) is 28.8 Å². The van der Waals surface area contributed by atoms with Crippen LogP contribution in [0.4, 0.5) is 0 Å². The van der Waals surface area contributed by atoms with Crippen molar-refractivity contribution in [2.75, 3.05) is 6.61 Å². The van der Waals surface area contributed by atoms with Crippen LogP contribution in [0.3, 0.4) is 0 Å². The van der Waals surface area contributed by atoms with E-state index in [4.69, 9.17) is 22.1 Å². The van der Waals surface area contributed by atoms with Crippen molar-refractivity contribution in [1.29, 1.82) is 0 Å². The van der Waals surface area contributed by atoms with Gasteiger partial charge >= 0.3 is 0 Å². The van der Waals surface area contributed by atoms with Gasteiger partial charge in [0.2, 0.25) is 0 Å². The third-order valence-electron chi connectivity index (χ3n) is 2.20. The molecule has 0 aliphatic rings. The molecule has 3 heteroatoms. The Kier molecular flexibility index (Phi) is 4.92. The second-order valence-corrected chi connectivity index (χ2v) is 4.20. The van der Waals surface area contributed by atoms with Crippen molar-refractivity contribution in [3.63, 3.8) is 0 Å². The highest BCUT2D eigenvalue weighted by molar-refractivity contribution is 6.32. The molecule has 84 valence electrons. The van der Waals surface area contributed by atoms with E-state index in [1.165, 1.54) is 0 Å². The van der Waals surface area contributed by atoms with Crippen molar-refractivity contribution < 1.29 is 4.74 Å². The van der Waals surface area contributed by atoms with Gasteiger partial charge in [0, 0.05) is 6.04 Å². The Morgan fingerprint density at radius 2 is 2.20 bits per heavy atom. The van der Waals surface area contributed by atoms with Gasteiger partial charge in [-0.3, -0.25) is 0 Å². The summed E-state index contributed by atoms with van der Waals surface area (Å²) < 4.78 is 5.55. The van der Waals surface area contributed by atoms with Crippen LogP contribution in [0.25, 0.3) is 0 Å².